The molecule has 0 N–H and O–H groups in total. The zero-order chi connectivity index (χ0) is 26.0. The van der Waals surface area contributed by atoms with Crippen LogP contribution in [0.5, 0.6) is 0 Å². The lowest BCUT2D eigenvalue weighted by Crippen LogP contribution is -2.36. The number of alkyl halides is 10. The van der Waals surface area contributed by atoms with Crippen molar-refractivity contribution in [3.63, 3.8) is 0 Å². The average molecular weight is 508 g/mol. The summed E-state index contributed by atoms with van der Waals surface area (Å²) in [6.45, 7) is 5.95. The average Bonchev–Trinajstić information content (AvgIpc) is 2.61. The lowest BCUT2D eigenvalue weighted by Gasteiger charge is -2.30. The minimum Gasteiger partial charge on any atom is -0.352 e. The number of hydrogen-bond donors (Lipinski definition) is 0. The molecule has 0 atom stereocenters. The fraction of sp³-hybridized carbons (Fsp3) is 1.00. The Bertz CT molecular complexity index is 485. The fourth-order valence-electron chi connectivity index (χ4n) is 2.82. The standard InChI is InChI=1S/C21H34F10O2/c1-17(2,3)16(32-14-10-6-4-8-12-18(22,23)20(26,27)28)33-15-11-7-5-9-13-19(24,25)21(29,30)31/h16H,4-15H2,1-3H3. The summed E-state index contributed by atoms with van der Waals surface area (Å²) in [5.74, 6) is -9.37. The number of ether oxygens (including phenoxy) is 2. The Hall–Kier alpha value is -0.780. The van der Waals surface area contributed by atoms with E-state index in [9.17, 15) is 43.9 Å². The van der Waals surface area contributed by atoms with Crippen molar-refractivity contribution in [2.75, 3.05) is 13.2 Å². The van der Waals surface area contributed by atoms with Gasteiger partial charge in [-0.2, -0.15) is 43.9 Å². The van der Waals surface area contributed by atoms with Gasteiger partial charge in [0.15, 0.2) is 6.29 Å². The van der Waals surface area contributed by atoms with Gasteiger partial charge < -0.3 is 9.47 Å². The Morgan fingerprint density at radius 2 is 0.788 bits per heavy atom. The van der Waals surface area contributed by atoms with Crippen LogP contribution in [0.2, 0.25) is 0 Å². The molecule has 0 rings (SSSR count). The normalized spacial score (nSPS) is 14.4. The Labute approximate surface area is 188 Å². The molecule has 0 aliphatic heterocycles. The molecule has 33 heavy (non-hydrogen) atoms. The van der Waals surface area contributed by atoms with E-state index in [0.717, 1.165) is 0 Å². The molecule has 0 heterocycles. The van der Waals surface area contributed by atoms with Gasteiger partial charge in [-0.15, -0.1) is 0 Å². The molecule has 200 valence electrons. The van der Waals surface area contributed by atoms with Crippen LogP contribution in [-0.4, -0.2) is 43.7 Å². The summed E-state index contributed by atoms with van der Waals surface area (Å²) in [7, 11) is 0. The maximum absolute atomic E-state index is 12.8. The maximum atomic E-state index is 12.8. The Morgan fingerprint density at radius 3 is 1.06 bits per heavy atom. The van der Waals surface area contributed by atoms with E-state index >= 15 is 0 Å². The van der Waals surface area contributed by atoms with Crippen LogP contribution in [0.25, 0.3) is 0 Å². The highest BCUT2D eigenvalue weighted by molar-refractivity contribution is 4.76. The molecule has 0 fully saturated rings. The van der Waals surface area contributed by atoms with Crippen LogP contribution in [0.3, 0.4) is 0 Å². The van der Waals surface area contributed by atoms with Gasteiger partial charge in [0.05, 0.1) is 0 Å². The van der Waals surface area contributed by atoms with E-state index in [2.05, 4.69) is 0 Å². The van der Waals surface area contributed by atoms with Crippen molar-refractivity contribution >= 4 is 0 Å². The Kier molecular flexibility index (Phi) is 13.0. The van der Waals surface area contributed by atoms with Crippen molar-refractivity contribution < 1.29 is 53.4 Å². The van der Waals surface area contributed by atoms with Crippen LogP contribution in [-0.2, 0) is 9.47 Å². The molecule has 0 unspecified atom stereocenters. The van der Waals surface area contributed by atoms with Gasteiger partial charge in [-0.1, -0.05) is 46.5 Å². The van der Waals surface area contributed by atoms with Crippen LogP contribution in [0, 0.1) is 5.41 Å². The summed E-state index contributed by atoms with van der Waals surface area (Å²) in [5.41, 5.74) is -0.427. The van der Waals surface area contributed by atoms with E-state index in [1.165, 1.54) is 0 Å². The molecule has 0 radical (unpaired) electrons. The second-order valence-corrected chi connectivity index (χ2v) is 9.17. The molecule has 0 bridgehead atoms. The Morgan fingerprint density at radius 1 is 0.485 bits per heavy atom. The summed E-state index contributed by atoms with van der Waals surface area (Å²) in [6.07, 6.45) is -12.6. The Balaban J connectivity index is 4.04. The minimum absolute atomic E-state index is 0.198. The van der Waals surface area contributed by atoms with Gasteiger partial charge in [0.1, 0.15) is 0 Å². The number of halogens is 10. The lowest BCUT2D eigenvalue weighted by atomic mass is 9.96. The predicted molar refractivity (Wildman–Crippen MR) is 103 cm³/mol. The largest absolute Gasteiger partial charge is 0.453 e. The molecule has 0 aromatic carbocycles. The molecular formula is C21H34F10O2. The SMILES string of the molecule is CC(C)(C)C(OCCCCCCC(F)(F)C(F)(F)F)OCCCCCCC(F)(F)C(F)(F)F. The van der Waals surface area contributed by atoms with Gasteiger partial charge in [-0.3, -0.25) is 0 Å². The summed E-state index contributed by atoms with van der Waals surface area (Å²) < 4.78 is 135. The van der Waals surface area contributed by atoms with Crippen LogP contribution in [0.4, 0.5) is 43.9 Å². The summed E-state index contributed by atoms with van der Waals surface area (Å²) in [6, 6.07) is 0. The molecule has 0 aliphatic carbocycles. The molecule has 0 amide bonds. The predicted octanol–water partition coefficient (Wildman–Crippen LogP) is 8.69. The molecular weight excluding hydrogens is 474 g/mol. The highest BCUT2D eigenvalue weighted by atomic mass is 19.4. The number of unbranched alkanes of at least 4 members (excludes halogenated alkanes) is 6. The van der Waals surface area contributed by atoms with E-state index in [1.54, 1.807) is 0 Å². The molecule has 0 aromatic heterocycles. The van der Waals surface area contributed by atoms with Crippen LogP contribution in [0.15, 0.2) is 0 Å². The fourth-order valence-corrected chi connectivity index (χ4v) is 2.82. The third-order valence-electron chi connectivity index (χ3n) is 4.85. The molecule has 12 heteroatoms. The van der Waals surface area contributed by atoms with Crippen molar-refractivity contribution in [1.29, 1.82) is 0 Å². The third kappa shape index (κ3) is 13.0. The zero-order valence-electron chi connectivity index (χ0n) is 19.2. The topological polar surface area (TPSA) is 18.5 Å². The monoisotopic (exact) mass is 508 g/mol. The summed E-state index contributed by atoms with van der Waals surface area (Å²) >= 11 is 0. The van der Waals surface area contributed by atoms with Gasteiger partial charge in [-0.05, 0) is 25.7 Å². The first-order chi connectivity index (χ1) is 14.8. The second-order valence-electron chi connectivity index (χ2n) is 9.17. The minimum atomic E-state index is -5.54. The first kappa shape index (κ1) is 32.2. The highest BCUT2D eigenvalue weighted by Gasteiger charge is 2.57. The van der Waals surface area contributed by atoms with Crippen LogP contribution >= 0.6 is 0 Å². The first-order valence-electron chi connectivity index (χ1n) is 10.9. The van der Waals surface area contributed by atoms with Gasteiger partial charge in [0.2, 0.25) is 0 Å². The molecule has 2 nitrogen and oxygen atoms in total. The van der Waals surface area contributed by atoms with E-state index in [-0.39, 0.29) is 38.9 Å². The molecule has 0 aromatic rings. The lowest BCUT2D eigenvalue weighted by molar-refractivity contribution is -0.284. The van der Waals surface area contributed by atoms with Crippen molar-refractivity contribution in [3.05, 3.63) is 0 Å². The number of hydrogen-bond acceptors (Lipinski definition) is 2. The molecule has 0 spiro atoms. The quantitative estimate of drug-likeness (QED) is 0.118. The van der Waals surface area contributed by atoms with Gasteiger partial charge in [0.25, 0.3) is 0 Å². The smallest absolute Gasteiger partial charge is 0.352 e. The number of rotatable bonds is 16. The van der Waals surface area contributed by atoms with E-state index in [1.807, 2.05) is 20.8 Å². The second kappa shape index (κ2) is 13.3. The van der Waals surface area contributed by atoms with E-state index < -0.39 is 48.7 Å². The van der Waals surface area contributed by atoms with Gasteiger partial charge in [0, 0.05) is 31.5 Å². The van der Waals surface area contributed by atoms with Crippen molar-refractivity contribution in [2.24, 2.45) is 5.41 Å². The summed E-state index contributed by atoms with van der Waals surface area (Å²) in [4.78, 5) is 0. The molecule has 0 saturated carbocycles. The zero-order valence-corrected chi connectivity index (χ0v) is 19.2. The third-order valence-corrected chi connectivity index (χ3v) is 4.85. The summed E-state index contributed by atoms with van der Waals surface area (Å²) in [5, 5.41) is 0. The maximum Gasteiger partial charge on any atom is 0.453 e. The van der Waals surface area contributed by atoms with E-state index in [4.69, 9.17) is 9.47 Å². The van der Waals surface area contributed by atoms with Crippen molar-refractivity contribution in [1.82, 2.24) is 0 Å². The first-order valence-corrected chi connectivity index (χ1v) is 10.9. The van der Waals surface area contributed by atoms with Gasteiger partial charge in [-0.25, -0.2) is 0 Å². The highest BCUT2D eigenvalue weighted by Crippen LogP contribution is 2.40. The van der Waals surface area contributed by atoms with Crippen molar-refractivity contribution in [3.8, 4) is 0 Å². The van der Waals surface area contributed by atoms with Gasteiger partial charge >= 0.3 is 24.2 Å². The van der Waals surface area contributed by atoms with Crippen LogP contribution in [0.1, 0.15) is 85.0 Å². The molecule has 0 aliphatic rings. The van der Waals surface area contributed by atoms with Crippen LogP contribution < -0.4 is 0 Å². The van der Waals surface area contributed by atoms with E-state index in [0.29, 0.717) is 25.7 Å². The molecule has 0 saturated heterocycles. The van der Waals surface area contributed by atoms with Crippen molar-refractivity contribution in [2.45, 2.75) is 115 Å².